The number of rotatable bonds is 10. The van der Waals surface area contributed by atoms with Crippen molar-refractivity contribution >= 4 is 33.0 Å². The molecule has 2 aromatic heterocycles. The van der Waals surface area contributed by atoms with Crippen LogP contribution in [0.25, 0.3) is 0 Å². The monoisotopic (exact) mass is 622 g/mol. The molecule has 1 aliphatic rings. The van der Waals surface area contributed by atoms with E-state index in [2.05, 4.69) is 20.6 Å². The molecule has 3 aromatic rings. The average Bonchev–Trinajstić information content (AvgIpc) is 3.30. The van der Waals surface area contributed by atoms with Gasteiger partial charge in [-0.25, -0.2) is 0 Å². The van der Waals surface area contributed by atoms with Crippen molar-refractivity contribution in [1.82, 2.24) is 9.97 Å². The molecule has 0 radical (unpaired) electrons. The van der Waals surface area contributed by atoms with Gasteiger partial charge in [-0.1, -0.05) is 12.1 Å². The molecule has 2 N–H and O–H groups in total. The summed E-state index contributed by atoms with van der Waals surface area (Å²) in [6.45, 7) is -0.104. The molecule has 2 atom stereocenters. The number of anilines is 2. The number of alkyl halides is 6. The summed E-state index contributed by atoms with van der Waals surface area (Å²) in [6.07, 6.45) is -6.69. The van der Waals surface area contributed by atoms with Crippen molar-refractivity contribution in [1.29, 1.82) is 0 Å². The summed E-state index contributed by atoms with van der Waals surface area (Å²) in [5.41, 5.74) is 1.77. The topological polar surface area (TPSA) is 102 Å². The van der Waals surface area contributed by atoms with Gasteiger partial charge in [-0.15, -0.1) is 0 Å². The van der Waals surface area contributed by atoms with Crippen LogP contribution in [0.5, 0.6) is 11.5 Å². The number of fused-ring (bicyclic) bond motifs is 1. The van der Waals surface area contributed by atoms with Gasteiger partial charge in [0.2, 0.25) is 0 Å². The van der Waals surface area contributed by atoms with Gasteiger partial charge in [0.25, 0.3) is 4.33 Å². The number of nitrogens with zero attached hydrogens (tertiary/aromatic N) is 2. The molecule has 1 aliphatic heterocycles. The fraction of sp³-hybridized carbons (Fsp3) is 0.360. The number of benzene rings is 1. The smallest absolute Gasteiger partial charge is 0.422 e. The Labute approximate surface area is 235 Å². The Balaban J connectivity index is 1.62. The third-order valence-corrected chi connectivity index (χ3v) is 9.88. The molecule has 8 nitrogen and oxygen atoms in total. The van der Waals surface area contributed by atoms with Crippen molar-refractivity contribution in [3.05, 3.63) is 71.3 Å². The van der Waals surface area contributed by atoms with Gasteiger partial charge in [0.05, 0.1) is 55.9 Å². The number of aromatic nitrogens is 2. The van der Waals surface area contributed by atoms with Crippen LogP contribution in [0.1, 0.15) is 22.5 Å². The Bertz CT molecular complexity index is 1360. The number of nitrogens with one attached hydrogen (secondary N) is 2. The van der Waals surface area contributed by atoms with Gasteiger partial charge in [0, 0.05) is 23.5 Å². The van der Waals surface area contributed by atoms with Crippen LogP contribution in [0.4, 0.5) is 37.7 Å². The first-order chi connectivity index (χ1) is 19.2. The number of para-hydroxylation sites is 2. The highest BCUT2D eigenvalue weighted by molar-refractivity contribution is 8.04. The summed E-state index contributed by atoms with van der Waals surface area (Å²) >= 11 is 0. The van der Waals surface area contributed by atoms with E-state index in [1.54, 1.807) is 24.3 Å². The third-order valence-electron chi connectivity index (χ3n) is 6.00. The molecular weight excluding hydrogens is 598 g/mol. The lowest BCUT2D eigenvalue weighted by atomic mass is 10.2. The minimum atomic E-state index is -4.57. The Morgan fingerprint density at radius 3 is 1.49 bits per heavy atom. The van der Waals surface area contributed by atoms with E-state index in [9.17, 15) is 34.8 Å². The number of ether oxygens (including phenoxy) is 2. The molecule has 0 saturated heterocycles. The lowest BCUT2D eigenvalue weighted by Crippen LogP contribution is -2.51. The minimum Gasteiger partial charge on any atom is -0.484 e. The first-order valence-electron chi connectivity index (χ1n) is 11.9. The molecule has 4 rings (SSSR count). The zero-order valence-corrected chi connectivity index (χ0v) is 23.2. The molecule has 0 spiro atoms. The average molecular weight is 623 g/mol. The molecule has 0 amide bonds. The fourth-order valence-corrected chi connectivity index (χ4v) is 7.47. The van der Waals surface area contributed by atoms with Crippen molar-refractivity contribution in [2.45, 2.75) is 42.0 Å². The normalized spacial score (nSPS) is 15.8. The Morgan fingerprint density at radius 2 is 1.12 bits per heavy atom. The lowest BCUT2D eigenvalue weighted by molar-refractivity contribution is -0.154. The zero-order valence-electron chi connectivity index (χ0n) is 21.6. The van der Waals surface area contributed by atoms with E-state index >= 15 is 0 Å². The molecule has 222 valence electrons. The summed E-state index contributed by atoms with van der Waals surface area (Å²) in [4.78, 5) is 8.31. The molecule has 0 aliphatic carbocycles. The molecular formula is C25H24F6N4O4S2. The van der Waals surface area contributed by atoms with Crippen LogP contribution in [0, 0.1) is 13.8 Å². The molecule has 2 unspecified atom stereocenters. The van der Waals surface area contributed by atoms with E-state index in [0.717, 1.165) is 0 Å². The van der Waals surface area contributed by atoms with Crippen molar-refractivity contribution < 1.29 is 44.2 Å². The van der Waals surface area contributed by atoms with Gasteiger partial charge in [0.1, 0.15) is 11.5 Å². The SMILES string of the molecule is Cc1c(OCC(F)(F)F)ccnc1CS(=O)C1(S(=O)Cc2nccc(OCC(F)(F)F)c2C)Nc2ccccc2N1. The highest BCUT2D eigenvalue weighted by atomic mass is 32.2. The maximum Gasteiger partial charge on any atom is 0.422 e. The summed E-state index contributed by atoms with van der Waals surface area (Å²) in [5, 5.41) is 6.04. The van der Waals surface area contributed by atoms with Crippen molar-refractivity contribution in [2.75, 3.05) is 23.8 Å². The van der Waals surface area contributed by atoms with E-state index in [-0.39, 0.29) is 45.5 Å². The van der Waals surface area contributed by atoms with Crippen molar-refractivity contribution in [3.63, 3.8) is 0 Å². The fourth-order valence-electron chi connectivity index (χ4n) is 3.91. The van der Waals surface area contributed by atoms with Gasteiger partial charge in [-0.05, 0) is 38.1 Å². The van der Waals surface area contributed by atoms with E-state index < -0.39 is 51.5 Å². The van der Waals surface area contributed by atoms with Gasteiger partial charge >= 0.3 is 12.4 Å². The van der Waals surface area contributed by atoms with E-state index in [1.807, 2.05) is 0 Å². The quantitative estimate of drug-likeness (QED) is 0.293. The Morgan fingerprint density at radius 1 is 0.732 bits per heavy atom. The van der Waals surface area contributed by atoms with E-state index in [4.69, 9.17) is 9.47 Å². The highest BCUT2D eigenvalue weighted by Gasteiger charge is 2.48. The van der Waals surface area contributed by atoms with Gasteiger partial charge in [0.15, 0.2) is 13.2 Å². The molecule has 1 aromatic carbocycles. The van der Waals surface area contributed by atoms with E-state index in [0.29, 0.717) is 11.4 Å². The van der Waals surface area contributed by atoms with E-state index in [1.165, 1.54) is 38.4 Å². The first kappa shape index (κ1) is 30.6. The predicted molar refractivity (Wildman–Crippen MR) is 141 cm³/mol. The number of halogens is 6. The molecule has 0 fully saturated rings. The minimum absolute atomic E-state index is 0.0920. The van der Waals surface area contributed by atoms with Crippen LogP contribution in [-0.4, -0.2) is 48.3 Å². The summed E-state index contributed by atoms with van der Waals surface area (Å²) in [5.74, 6) is -0.831. The molecule has 0 bridgehead atoms. The Kier molecular flexibility index (Phi) is 8.82. The standard InChI is InChI=1S/C25H24F6N4O4S2/c1-15-19(32-9-7-21(15)38-13-23(26,27)28)11-40(36)25(34-17-5-3-4-6-18(17)35-25)41(37)12-20-16(2)22(8-10-33-20)39-14-24(29,30)31/h3-10,34-35H,11-14H2,1-2H3. The molecule has 3 heterocycles. The molecule has 41 heavy (non-hydrogen) atoms. The Hall–Kier alpha value is -3.40. The summed E-state index contributed by atoms with van der Waals surface area (Å²) < 4.78 is 112. The number of pyridine rings is 2. The largest absolute Gasteiger partial charge is 0.484 e. The van der Waals surface area contributed by atoms with Crippen LogP contribution in [0.3, 0.4) is 0 Å². The summed E-state index contributed by atoms with van der Waals surface area (Å²) in [7, 11) is -4.14. The number of hydrogen-bond acceptors (Lipinski definition) is 8. The lowest BCUT2D eigenvalue weighted by Gasteiger charge is -2.29. The predicted octanol–water partition coefficient (Wildman–Crippen LogP) is 5.32. The highest BCUT2D eigenvalue weighted by Crippen LogP contribution is 2.40. The van der Waals surface area contributed by atoms with Crippen LogP contribution in [-0.2, 0) is 33.1 Å². The van der Waals surface area contributed by atoms with Crippen LogP contribution < -0.4 is 20.1 Å². The second-order valence-corrected chi connectivity index (χ2v) is 12.4. The second-order valence-electron chi connectivity index (χ2n) is 8.96. The zero-order chi connectivity index (χ0) is 30.0. The number of hydrogen-bond donors (Lipinski definition) is 2. The van der Waals surface area contributed by atoms with Crippen LogP contribution >= 0.6 is 0 Å². The van der Waals surface area contributed by atoms with Gasteiger partial charge in [-0.3, -0.25) is 18.4 Å². The van der Waals surface area contributed by atoms with Crippen molar-refractivity contribution in [3.8, 4) is 11.5 Å². The maximum atomic E-state index is 13.9. The van der Waals surface area contributed by atoms with Crippen LogP contribution in [0.15, 0.2) is 48.8 Å². The molecule has 16 heteroatoms. The first-order valence-corrected chi connectivity index (χ1v) is 14.5. The van der Waals surface area contributed by atoms with Gasteiger partial charge < -0.3 is 20.1 Å². The maximum absolute atomic E-state index is 13.9. The second kappa shape index (κ2) is 11.8. The van der Waals surface area contributed by atoms with Crippen LogP contribution in [0.2, 0.25) is 0 Å². The third kappa shape index (κ3) is 7.28. The molecule has 0 saturated carbocycles. The summed E-state index contributed by atoms with van der Waals surface area (Å²) in [6, 6.07) is 9.26. The van der Waals surface area contributed by atoms with Gasteiger partial charge in [-0.2, -0.15) is 26.3 Å². The van der Waals surface area contributed by atoms with Crippen molar-refractivity contribution in [2.24, 2.45) is 0 Å².